The smallest absolute Gasteiger partial charge is 0.507 e. The van der Waals surface area contributed by atoms with Gasteiger partial charge < -0.3 is 19.5 Å². The Morgan fingerprint density at radius 2 is 1.16 bits per heavy atom. The number of rotatable bonds is 11. The molecule has 0 spiro atoms. The normalized spacial score (nSPS) is 12.9. The van der Waals surface area contributed by atoms with Crippen LogP contribution in [0.1, 0.15) is 127 Å². The molecule has 0 fully saturated rings. The first-order valence-electron chi connectivity index (χ1n) is 21.6. The van der Waals surface area contributed by atoms with E-state index in [-0.39, 0.29) is 38.7 Å². The van der Waals surface area contributed by atoms with Crippen molar-refractivity contribution in [2.24, 2.45) is 0 Å². The molecule has 0 amide bonds. The van der Waals surface area contributed by atoms with Gasteiger partial charge in [0.1, 0.15) is 11.6 Å². The molecule has 6 heteroatoms. The van der Waals surface area contributed by atoms with Crippen molar-refractivity contribution in [1.29, 1.82) is 0 Å². The average molecular weight is 986 g/mol. The topological polar surface area (TPSA) is 44.5 Å². The van der Waals surface area contributed by atoms with Crippen LogP contribution in [0.2, 0.25) is 0 Å². The molecule has 6 aromatic carbocycles. The fourth-order valence-electron chi connectivity index (χ4n) is 8.54. The first kappa shape index (κ1) is 43.7. The Morgan fingerprint density at radius 3 is 1.79 bits per heavy atom. The van der Waals surface area contributed by atoms with E-state index in [9.17, 15) is 5.11 Å². The van der Waals surface area contributed by atoms with E-state index in [1.54, 1.807) is 0 Å². The second kappa shape index (κ2) is 17.9. The van der Waals surface area contributed by atoms with Crippen LogP contribution in [0.3, 0.4) is 0 Å². The monoisotopic (exact) mass is 985 g/mol. The number of aromatic hydroxyl groups is 1. The minimum atomic E-state index is 0. The van der Waals surface area contributed by atoms with Gasteiger partial charge in [-0.2, -0.15) is 0 Å². The van der Waals surface area contributed by atoms with Crippen molar-refractivity contribution in [1.82, 2.24) is 9.55 Å². The fraction of sp³-hybridized carbons (Fsp3) is 0.273. The summed E-state index contributed by atoms with van der Waals surface area (Å²) in [5, 5.41) is 13.7. The predicted molar refractivity (Wildman–Crippen MR) is 253 cm³/mol. The number of phenolic OH excluding ortho intramolecular Hbond substituents is 1. The van der Waals surface area contributed by atoms with Gasteiger partial charge in [0.25, 0.3) is 0 Å². The van der Waals surface area contributed by atoms with Gasteiger partial charge in [0.05, 0.1) is 11.3 Å². The first-order valence-corrected chi connectivity index (χ1v) is 21.6. The van der Waals surface area contributed by atoms with Crippen LogP contribution in [0.25, 0.3) is 50.2 Å². The van der Waals surface area contributed by atoms with Gasteiger partial charge in [-0.1, -0.05) is 148 Å². The molecule has 0 bridgehead atoms. The Morgan fingerprint density at radius 1 is 0.574 bits per heavy atom. The third-order valence-corrected chi connectivity index (χ3v) is 11.9. The Kier molecular flexibility index (Phi) is 12.8. The van der Waals surface area contributed by atoms with Crippen molar-refractivity contribution in [3.05, 3.63) is 168 Å². The molecule has 5 nitrogen and oxygen atoms in total. The second-order valence-corrected chi connectivity index (χ2v) is 17.9. The molecule has 2 heterocycles. The average Bonchev–Trinajstić information content (AvgIpc) is 3.92. The van der Waals surface area contributed by atoms with E-state index in [0.717, 1.165) is 33.4 Å². The third-order valence-electron chi connectivity index (χ3n) is 11.9. The molecule has 0 aliphatic carbocycles. The number of hydrogen-bond donors (Lipinski definition) is 1. The van der Waals surface area contributed by atoms with Crippen LogP contribution in [0, 0.1) is 12.7 Å². The number of fused-ring (bicyclic) bond motifs is 1. The standard InChI is InChI=1S/C55H58N4O.Pt/c1-34(2)42-28-49(37(7)8)53(50(29-42)38(9)10)59-32-51(56-55(59)46-24-23-40-19-14-15-22-45(40)54(46)60)41-20-16-21-44(27-41)57-25-26-58(33-57)52-47(35(3)4)30-43(31-48(52)36(5)6)39-17-12-11-13-18-39;/h11-26,28-38,60H,1-10H3;/q-2;+2. The molecular formula is C55H58N4OPt. The Balaban J connectivity index is 0.00000561. The summed E-state index contributed by atoms with van der Waals surface area (Å²) in [5.41, 5.74) is 14.6. The molecule has 1 aromatic heterocycles. The Bertz CT molecular complexity index is 2650. The van der Waals surface area contributed by atoms with Gasteiger partial charge in [0.15, 0.2) is 0 Å². The summed E-state index contributed by atoms with van der Waals surface area (Å²) in [4.78, 5) is 9.82. The minimum absolute atomic E-state index is 0. The number of benzene rings is 6. The number of imidazole rings is 1. The quantitative estimate of drug-likeness (QED) is 0.131. The van der Waals surface area contributed by atoms with Crippen LogP contribution < -0.4 is 9.80 Å². The van der Waals surface area contributed by atoms with Crippen molar-refractivity contribution in [2.75, 3.05) is 9.80 Å². The summed E-state index contributed by atoms with van der Waals surface area (Å²) in [6.07, 6.45) is 6.43. The summed E-state index contributed by atoms with van der Waals surface area (Å²) in [6, 6.07) is 42.3. The van der Waals surface area contributed by atoms with E-state index in [4.69, 9.17) is 4.98 Å². The summed E-state index contributed by atoms with van der Waals surface area (Å²) >= 11 is 0. The molecule has 8 rings (SSSR count). The van der Waals surface area contributed by atoms with Crippen LogP contribution >= 0.6 is 0 Å². The molecule has 314 valence electrons. The Hall–Kier alpha value is -5.38. The number of anilines is 2. The molecule has 7 aromatic rings. The van der Waals surface area contributed by atoms with Crippen molar-refractivity contribution in [2.45, 2.75) is 98.8 Å². The molecule has 1 aliphatic heterocycles. The largest absolute Gasteiger partial charge is 2.00 e. The molecule has 61 heavy (non-hydrogen) atoms. The second-order valence-electron chi connectivity index (χ2n) is 17.9. The van der Waals surface area contributed by atoms with E-state index < -0.39 is 0 Å². The number of nitrogens with zero attached hydrogens (tertiary/aromatic N) is 4. The van der Waals surface area contributed by atoms with E-state index in [2.05, 4.69) is 194 Å². The van der Waals surface area contributed by atoms with Gasteiger partial charge in [-0.25, -0.2) is 0 Å². The maximum Gasteiger partial charge on any atom is 2.00 e. The van der Waals surface area contributed by atoms with Crippen LogP contribution in [0.5, 0.6) is 5.75 Å². The van der Waals surface area contributed by atoms with Gasteiger partial charge in [0.2, 0.25) is 0 Å². The maximum atomic E-state index is 11.9. The SMILES string of the molecule is CC(C)c1cc(C(C)C)c(-n2cc(-c3[c-]c(N4C=CN(c5c(C(C)C)cc(-c6ccccc6)cc5C(C)C)[CH-]4)ccc3)nc2-c2ccc3ccccc3c2O)c(C(C)C)c1.[Pt+2]. The first-order chi connectivity index (χ1) is 28.8. The summed E-state index contributed by atoms with van der Waals surface area (Å²) in [5.74, 6) is 2.50. The van der Waals surface area contributed by atoms with Crippen molar-refractivity contribution >= 4 is 22.1 Å². The third kappa shape index (κ3) is 8.47. The van der Waals surface area contributed by atoms with Gasteiger partial charge in [-0.05, 0) is 111 Å². The fourth-order valence-corrected chi connectivity index (χ4v) is 8.54. The number of hydrogen-bond acceptors (Lipinski definition) is 4. The predicted octanol–water partition coefficient (Wildman–Crippen LogP) is 15.1. The molecule has 1 aliphatic rings. The molecule has 0 atom stereocenters. The molecule has 0 radical (unpaired) electrons. The van der Waals surface area contributed by atoms with Gasteiger partial charge in [-0.15, -0.1) is 36.5 Å². The zero-order chi connectivity index (χ0) is 42.4. The number of aromatic nitrogens is 2. The van der Waals surface area contributed by atoms with Gasteiger partial charge in [-0.3, -0.25) is 4.98 Å². The zero-order valence-corrected chi connectivity index (χ0v) is 39.4. The molecule has 0 saturated heterocycles. The van der Waals surface area contributed by atoms with Gasteiger partial charge >= 0.3 is 21.1 Å². The molecule has 1 N–H and O–H groups in total. The maximum absolute atomic E-state index is 11.9. The Labute approximate surface area is 378 Å². The summed E-state index contributed by atoms with van der Waals surface area (Å²) < 4.78 is 2.23. The van der Waals surface area contributed by atoms with Crippen molar-refractivity contribution in [3.63, 3.8) is 0 Å². The van der Waals surface area contributed by atoms with Crippen LogP contribution in [-0.2, 0) is 21.1 Å². The van der Waals surface area contributed by atoms with Gasteiger partial charge in [0, 0.05) is 16.8 Å². The summed E-state index contributed by atoms with van der Waals surface area (Å²) in [6.45, 7) is 24.9. The molecular weight excluding hydrogens is 928 g/mol. The van der Waals surface area contributed by atoms with Crippen molar-refractivity contribution in [3.8, 4) is 45.2 Å². The summed E-state index contributed by atoms with van der Waals surface area (Å²) in [7, 11) is 0. The van der Waals surface area contributed by atoms with E-state index in [1.807, 2.05) is 30.3 Å². The van der Waals surface area contributed by atoms with Crippen LogP contribution in [0.4, 0.5) is 11.4 Å². The van der Waals surface area contributed by atoms with E-state index >= 15 is 0 Å². The van der Waals surface area contributed by atoms with E-state index in [1.165, 1.54) is 44.6 Å². The minimum Gasteiger partial charge on any atom is -0.507 e. The van der Waals surface area contributed by atoms with E-state index in [0.29, 0.717) is 29.1 Å². The molecule has 0 saturated carbocycles. The molecule has 0 unspecified atom stereocenters. The zero-order valence-electron chi connectivity index (χ0n) is 37.1. The van der Waals surface area contributed by atoms with Crippen LogP contribution in [0.15, 0.2) is 128 Å². The van der Waals surface area contributed by atoms with Crippen LogP contribution in [-0.4, -0.2) is 14.7 Å². The number of phenols is 1. The van der Waals surface area contributed by atoms with Crippen molar-refractivity contribution < 1.29 is 26.2 Å².